The molecule has 0 radical (unpaired) electrons. The Labute approximate surface area is 109 Å². The lowest BCUT2D eigenvalue weighted by Crippen LogP contribution is -1.92. The molecular formula is C17H20O. The average Bonchev–Trinajstić information content (AvgIpc) is 2.38. The summed E-state index contributed by atoms with van der Waals surface area (Å²) in [7, 11) is 0. The van der Waals surface area contributed by atoms with Crippen molar-refractivity contribution in [3.05, 3.63) is 59.2 Å². The van der Waals surface area contributed by atoms with Crippen LogP contribution in [0.5, 0.6) is 0 Å². The van der Waals surface area contributed by atoms with E-state index >= 15 is 0 Å². The SMILES string of the molecule is Cc1ccc(-c2ccc(C(C)C)cc2)c(CO)c1. The van der Waals surface area contributed by atoms with Crippen molar-refractivity contribution in [1.29, 1.82) is 0 Å². The molecule has 1 nitrogen and oxygen atoms in total. The molecule has 0 saturated carbocycles. The highest BCUT2D eigenvalue weighted by molar-refractivity contribution is 5.68. The van der Waals surface area contributed by atoms with Crippen molar-refractivity contribution in [2.45, 2.75) is 33.3 Å². The van der Waals surface area contributed by atoms with E-state index in [1.165, 1.54) is 16.7 Å². The van der Waals surface area contributed by atoms with Crippen LogP contribution in [0.4, 0.5) is 0 Å². The third-order valence-electron chi connectivity index (χ3n) is 3.32. The molecule has 0 aliphatic heterocycles. The van der Waals surface area contributed by atoms with Gasteiger partial charge in [-0.05, 0) is 35.1 Å². The molecule has 0 fully saturated rings. The lowest BCUT2D eigenvalue weighted by atomic mass is 9.95. The van der Waals surface area contributed by atoms with Gasteiger partial charge in [0.25, 0.3) is 0 Å². The van der Waals surface area contributed by atoms with Crippen molar-refractivity contribution in [2.24, 2.45) is 0 Å². The Bertz CT molecular complexity index is 524. The average molecular weight is 240 g/mol. The Morgan fingerprint density at radius 2 is 1.67 bits per heavy atom. The number of aryl methyl sites for hydroxylation is 1. The maximum absolute atomic E-state index is 9.45. The molecule has 1 heteroatoms. The van der Waals surface area contributed by atoms with Crippen LogP contribution in [0.25, 0.3) is 11.1 Å². The molecule has 2 aromatic carbocycles. The quantitative estimate of drug-likeness (QED) is 0.849. The van der Waals surface area contributed by atoms with Crippen LogP contribution in [0.3, 0.4) is 0 Å². The van der Waals surface area contributed by atoms with Gasteiger partial charge in [-0.1, -0.05) is 61.9 Å². The molecule has 0 heterocycles. The Kier molecular flexibility index (Phi) is 3.83. The second-order valence-corrected chi connectivity index (χ2v) is 5.10. The molecule has 0 saturated heterocycles. The normalized spacial score (nSPS) is 10.9. The van der Waals surface area contributed by atoms with Crippen molar-refractivity contribution in [1.82, 2.24) is 0 Å². The number of aliphatic hydroxyl groups is 1. The van der Waals surface area contributed by atoms with Gasteiger partial charge in [-0.3, -0.25) is 0 Å². The van der Waals surface area contributed by atoms with Crippen LogP contribution in [0.1, 0.15) is 36.5 Å². The summed E-state index contributed by atoms with van der Waals surface area (Å²) in [6.07, 6.45) is 0. The Morgan fingerprint density at radius 3 is 2.22 bits per heavy atom. The smallest absolute Gasteiger partial charge is 0.0687 e. The van der Waals surface area contributed by atoms with Crippen LogP contribution in [-0.4, -0.2) is 5.11 Å². The van der Waals surface area contributed by atoms with Crippen molar-refractivity contribution >= 4 is 0 Å². The summed E-state index contributed by atoms with van der Waals surface area (Å²) < 4.78 is 0. The third-order valence-corrected chi connectivity index (χ3v) is 3.32. The highest BCUT2D eigenvalue weighted by Crippen LogP contribution is 2.26. The number of benzene rings is 2. The largest absolute Gasteiger partial charge is 0.392 e. The van der Waals surface area contributed by atoms with E-state index in [4.69, 9.17) is 0 Å². The Balaban J connectivity index is 2.42. The maximum atomic E-state index is 9.45. The first-order chi connectivity index (χ1) is 8.61. The molecule has 2 aromatic rings. The summed E-state index contributed by atoms with van der Waals surface area (Å²) in [4.78, 5) is 0. The van der Waals surface area contributed by atoms with Crippen LogP contribution in [0, 0.1) is 6.92 Å². The van der Waals surface area contributed by atoms with E-state index in [0.29, 0.717) is 5.92 Å². The molecule has 0 spiro atoms. The van der Waals surface area contributed by atoms with Gasteiger partial charge < -0.3 is 5.11 Å². The van der Waals surface area contributed by atoms with E-state index in [-0.39, 0.29) is 6.61 Å². The summed E-state index contributed by atoms with van der Waals surface area (Å²) >= 11 is 0. The van der Waals surface area contributed by atoms with Gasteiger partial charge in [-0.2, -0.15) is 0 Å². The molecule has 0 amide bonds. The molecule has 0 aromatic heterocycles. The first kappa shape index (κ1) is 12.8. The summed E-state index contributed by atoms with van der Waals surface area (Å²) in [5.74, 6) is 0.550. The van der Waals surface area contributed by atoms with E-state index in [0.717, 1.165) is 11.1 Å². The van der Waals surface area contributed by atoms with Gasteiger partial charge >= 0.3 is 0 Å². The Morgan fingerprint density at radius 1 is 1.00 bits per heavy atom. The molecule has 18 heavy (non-hydrogen) atoms. The second-order valence-electron chi connectivity index (χ2n) is 5.10. The minimum Gasteiger partial charge on any atom is -0.392 e. The van der Waals surface area contributed by atoms with Crippen LogP contribution >= 0.6 is 0 Å². The number of aliphatic hydroxyl groups excluding tert-OH is 1. The molecule has 1 N–H and O–H groups in total. The van der Waals surface area contributed by atoms with Crippen molar-refractivity contribution in [3.63, 3.8) is 0 Å². The zero-order valence-electron chi connectivity index (χ0n) is 11.3. The maximum Gasteiger partial charge on any atom is 0.0687 e. The summed E-state index contributed by atoms with van der Waals surface area (Å²) in [6, 6.07) is 14.8. The predicted molar refractivity (Wildman–Crippen MR) is 76.6 cm³/mol. The van der Waals surface area contributed by atoms with Crippen LogP contribution < -0.4 is 0 Å². The monoisotopic (exact) mass is 240 g/mol. The number of hydrogen-bond acceptors (Lipinski definition) is 1. The van der Waals surface area contributed by atoms with E-state index in [1.54, 1.807) is 0 Å². The summed E-state index contributed by atoms with van der Waals surface area (Å²) in [5, 5.41) is 9.45. The highest BCUT2D eigenvalue weighted by atomic mass is 16.3. The van der Waals surface area contributed by atoms with E-state index < -0.39 is 0 Å². The summed E-state index contributed by atoms with van der Waals surface area (Å²) in [6.45, 7) is 6.52. The third kappa shape index (κ3) is 2.62. The van der Waals surface area contributed by atoms with Crippen LogP contribution in [-0.2, 0) is 6.61 Å². The lowest BCUT2D eigenvalue weighted by molar-refractivity contribution is 0.282. The molecule has 0 aliphatic carbocycles. The molecular weight excluding hydrogens is 220 g/mol. The molecule has 0 aliphatic rings. The standard InChI is InChI=1S/C17H20O/c1-12(2)14-5-7-15(8-6-14)17-9-4-13(3)10-16(17)11-18/h4-10,12,18H,11H2,1-3H3. The topological polar surface area (TPSA) is 20.2 Å². The van der Waals surface area contributed by atoms with Crippen molar-refractivity contribution in [2.75, 3.05) is 0 Å². The Hall–Kier alpha value is -1.60. The fourth-order valence-corrected chi connectivity index (χ4v) is 2.18. The molecule has 0 atom stereocenters. The highest BCUT2D eigenvalue weighted by Gasteiger charge is 2.05. The fraction of sp³-hybridized carbons (Fsp3) is 0.294. The summed E-state index contributed by atoms with van der Waals surface area (Å²) in [5.41, 5.74) is 5.81. The van der Waals surface area contributed by atoms with Gasteiger partial charge in [0.2, 0.25) is 0 Å². The van der Waals surface area contributed by atoms with Crippen LogP contribution in [0.15, 0.2) is 42.5 Å². The van der Waals surface area contributed by atoms with Gasteiger partial charge in [0, 0.05) is 0 Å². The van der Waals surface area contributed by atoms with Gasteiger partial charge in [-0.25, -0.2) is 0 Å². The van der Waals surface area contributed by atoms with Gasteiger partial charge in [0.05, 0.1) is 6.61 Å². The van der Waals surface area contributed by atoms with E-state index in [1.807, 2.05) is 13.0 Å². The van der Waals surface area contributed by atoms with Crippen LogP contribution in [0.2, 0.25) is 0 Å². The minimum atomic E-state index is 0.0863. The molecule has 0 bridgehead atoms. The minimum absolute atomic E-state index is 0.0863. The predicted octanol–water partition coefficient (Wildman–Crippen LogP) is 4.28. The molecule has 2 rings (SSSR count). The fourth-order valence-electron chi connectivity index (χ4n) is 2.18. The number of hydrogen-bond donors (Lipinski definition) is 1. The van der Waals surface area contributed by atoms with Gasteiger partial charge in [-0.15, -0.1) is 0 Å². The lowest BCUT2D eigenvalue weighted by Gasteiger charge is -2.11. The van der Waals surface area contributed by atoms with Crippen molar-refractivity contribution < 1.29 is 5.11 Å². The van der Waals surface area contributed by atoms with E-state index in [9.17, 15) is 5.11 Å². The zero-order chi connectivity index (χ0) is 13.1. The van der Waals surface area contributed by atoms with E-state index in [2.05, 4.69) is 50.2 Å². The first-order valence-corrected chi connectivity index (χ1v) is 6.42. The van der Waals surface area contributed by atoms with Crippen molar-refractivity contribution in [3.8, 4) is 11.1 Å². The molecule has 0 unspecified atom stereocenters. The second kappa shape index (κ2) is 5.36. The zero-order valence-corrected chi connectivity index (χ0v) is 11.3. The van der Waals surface area contributed by atoms with Gasteiger partial charge in [0.15, 0.2) is 0 Å². The molecule has 94 valence electrons. The number of rotatable bonds is 3. The van der Waals surface area contributed by atoms with Gasteiger partial charge in [0.1, 0.15) is 0 Å². The first-order valence-electron chi connectivity index (χ1n) is 6.42.